The van der Waals surface area contributed by atoms with Crippen molar-refractivity contribution in [3.05, 3.63) is 112 Å². The zero-order valence-electron chi connectivity index (χ0n) is 27.4. The van der Waals surface area contributed by atoms with Crippen LogP contribution >= 0.6 is 22.9 Å². The van der Waals surface area contributed by atoms with Crippen molar-refractivity contribution in [1.29, 1.82) is 0 Å². The number of carbonyl (C=O) groups is 3. The van der Waals surface area contributed by atoms with E-state index in [4.69, 9.17) is 21.1 Å². The molecule has 1 unspecified atom stereocenters. The Morgan fingerprint density at radius 3 is 2.45 bits per heavy atom. The predicted octanol–water partition coefficient (Wildman–Crippen LogP) is 5.72. The number of anilines is 1. The number of aromatic nitrogens is 1. The van der Waals surface area contributed by atoms with Crippen LogP contribution in [-0.2, 0) is 32.5 Å². The highest BCUT2D eigenvalue weighted by molar-refractivity contribution is 7.91. The fourth-order valence-corrected chi connectivity index (χ4v) is 7.27. The van der Waals surface area contributed by atoms with Gasteiger partial charge in [0, 0.05) is 10.6 Å². The van der Waals surface area contributed by atoms with Crippen molar-refractivity contribution >= 4 is 66.5 Å². The molecule has 0 saturated heterocycles. The topological polar surface area (TPSA) is 192 Å². The van der Waals surface area contributed by atoms with Crippen LogP contribution in [0.3, 0.4) is 0 Å². The molecule has 5 rings (SSSR count). The number of benzene rings is 4. The van der Waals surface area contributed by atoms with Crippen LogP contribution in [0.1, 0.15) is 40.7 Å². The van der Waals surface area contributed by atoms with E-state index >= 15 is 0 Å². The molecule has 5 aromatic rings. The van der Waals surface area contributed by atoms with Crippen molar-refractivity contribution in [2.75, 3.05) is 17.7 Å². The number of nitrogens with zero attached hydrogens (tertiary/aromatic N) is 1. The molecular formula is C36H36ClN3O9S2. The van der Waals surface area contributed by atoms with Crippen LogP contribution in [0.25, 0.3) is 10.2 Å². The molecule has 0 aliphatic heterocycles. The molecule has 0 spiro atoms. The van der Waals surface area contributed by atoms with E-state index in [9.17, 15) is 27.9 Å². The summed E-state index contributed by atoms with van der Waals surface area (Å²) in [4.78, 5) is 42.0. The van der Waals surface area contributed by atoms with Gasteiger partial charge in [-0.05, 0) is 91.6 Å². The summed E-state index contributed by atoms with van der Waals surface area (Å²) in [6.07, 6.45) is 0.846. The van der Waals surface area contributed by atoms with E-state index in [0.29, 0.717) is 34.7 Å². The van der Waals surface area contributed by atoms with E-state index in [2.05, 4.69) is 15.6 Å². The summed E-state index contributed by atoms with van der Waals surface area (Å²) in [6, 6.07) is 24.3. The molecule has 5 N–H and O–H groups in total. The second kappa shape index (κ2) is 17.8. The van der Waals surface area contributed by atoms with Crippen LogP contribution in [0.4, 0.5) is 5.69 Å². The lowest BCUT2D eigenvalue weighted by molar-refractivity contribution is -0.142. The zero-order valence-corrected chi connectivity index (χ0v) is 29.8. The first-order chi connectivity index (χ1) is 24.0. The van der Waals surface area contributed by atoms with Crippen LogP contribution in [0.2, 0.25) is 5.02 Å². The molecule has 51 heavy (non-hydrogen) atoms. The highest BCUT2D eigenvalue weighted by Crippen LogP contribution is 2.29. The maximum Gasteiger partial charge on any atom is 0.326 e. The Kier molecular flexibility index (Phi) is 13.5. The van der Waals surface area contributed by atoms with Crippen LogP contribution in [0, 0.1) is 0 Å². The summed E-state index contributed by atoms with van der Waals surface area (Å²) < 4.78 is 38.4. The van der Waals surface area contributed by atoms with Gasteiger partial charge in [-0.3, -0.25) is 9.59 Å². The molecule has 0 bridgehead atoms. The Morgan fingerprint density at radius 1 is 0.961 bits per heavy atom. The minimum absolute atomic E-state index is 0. The number of hydrogen-bond acceptors (Lipinski definition) is 9. The van der Waals surface area contributed by atoms with Gasteiger partial charge in [-0.2, -0.15) is 0 Å². The van der Waals surface area contributed by atoms with Crippen molar-refractivity contribution in [3.8, 4) is 11.5 Å². The number of aliphatic carboxylic acids is 1. The molecule has 2 amide bonds. The Balaban J connectivity index is 0.00000583. The van der Waals surface area contributed by atoms with Gasteiger partial charge in [0.05, 0.1) is 26.6 Å². The van der Waals surface area contributed by atoms with Crippen molar-refractivity contribution in [2.24, 2.45) is 0 Å². The number of carbonyl (C=O) groups excluding carboxylic acids is 2. The molecular weight excluding hydrogens is 718 g/mol. The molecule has 1 heterocycles. The maximum absolute atomic E-state index is 13.5. The SMILES string of the molecule is CCC(NC(=O)COc1ccc(CCCS(=O)(=O)c2ccc(Cl)cc2)cc1NC(=O)c1cccc(OCc2nc3ccccc3s2)c1)C(=O)O.O. The number of ether oxygens (including phenoxy) is 2. The number of para-hydroxylation sites is 1. The summed E-state index contributed by atoms with van der Waals surface area (Å²) >= 11 is 7.42. The molecule has 0 aliphatic carbocycles. The van der Waals surface area contributed by atoms with Gasteiger partial charge in [0.1, 0.15) is 29.2 Å². The van der Waals surface area contributed by atoms with Crippen molar-refractivity contribution in [2.45, 2.75) is 43.7 Å². The molecule has 0 fully saturated rings. The van der Waals surface area contributed by atoms with Gasteiger partial charge in [0.15, 0.2) is 16.4 Å². The van der Waals surface area contributed by atoms with Crippen molar-refractivity contribution in [1.82, 2.24) is 10.3 Å². The van der Waals surface area contributed by atoms with E-state index in [1.165, 1.54) is 35.6 Å². The summed E-state index contributed by atoms with van der Waals surface area (Å²) in [7, 11) is -3.55. The number of nitrogens with one attached hydrogen (secondary N) is 2. The molecule has 15 heteroatoms. The number of sulfone groups is 1. The summed E-state index contributed by atoms with van der Waals surface area (Å²) in [5.74, 6) is -1.78. The number of aryl methyl sites for hydroxylation is 1. The fraction of sp³-hybridized carbons (Fsp3) is 0.222. The minimum Gasteiger partial charge on any atom is -0.486 e. The monoisotopic (exact) mass is 753 g/mol. The van der Waals surface area contributed by atoms with Gasteiger partial charge < -0.3 is 30.7 Å². The number of amides is 2. The van der Waals surface area contributed by atoms with Crippen LogP contribution in [0.5, 0.6) is 11.5 Å². The Labute approximate surface area is 303 Å². The number of carboxylic acids is 1. The van der Waals surface area contributed by atoms with Gasteiger partial charge in [0.2, 0.25) is 0 Å². The van der Waals surface area contributed by atoms with Gasteiger partial charge in [-0.25, -0.2) is 18.2 Å². The number of hydrogen-bond donors (Lipinski definition) is 3. The van der Waals surface area contributed by atoms with E-state index in [0.717, 1.165) is 15.2 Å². The Morgan fingerprint density at radius 2 is 1.73 bits per heavy atom. The van der Waals surface area contributed by atoms with Gasteiger partial charge >= 0.3 is 5.97 Å². The van der Waals surface area contributed by atoms with Crippen LogP contribution < -0.4 is 20.1 Å². The van der Waals surface area contributed by atoms with Gasteiger partial charge in [0.25, 0.3) is 11.8 Å². The van der Waals surface area contributed by atoms with Gasteiger partial charge in [-0.1, -0.05) is 42.8 Å². The number of fused-ring (bicyclic) bond motifs is 1. The lowest BCUT2D eigenvalue weighted by Crippen LogP contribution is -2.42. The van der Waals surface area contributed by atoms with E-state index in [1.807, 2.05) is 24.3 Å². The number of rotatable bonds is 16. The van der Waals surface area contributed by atoms with Crippen LogP contribution in [0.15, 0.2) is 95.9 Å². The lowest BCUT2D eigenvalue weighted by atomic mass is 10.1. The summed E-state index contributed by atoms with van der Waals surface area (Å²) in [6.45, 7) is 1.36. The molecule has 4 aromatic carbocycles. The second-order valence-corrected chi connectivity index (χ2v) is 14.9. The third kappa shape index (κ3) is 10.7. The minimum atomic E-state index is -3.55. The Hall–Kier alpha value is -5.02. The standard InChI is InChI=1S/C36H34ClN3O8S2.H2O/c1-2-28(36(43)44)38-33(41)21-48-31-17-12-23(7-6-18-50(45,46)27-15-13-25(37)14-16-27)19-30(31)40-35(42)24-8-5-9-26(20-24)47-22-34-39-29-10-3-4-11-32(29)49-34;/h3-5,8-17,19-20,28H,2,6-7,18,21-22H2,1H3,(H,38,41)(H,40,42)(H,43,44);1H2. The quantitative estimate of drug-likeness (QED) is 0.113. The number of thiazole rings is 1. The first-order valence-corrected chi connectivity index (χ1v) is 18.5. The second-order valence-electron chi connectivity index (χ2n) is 11.2. The summed E-state index contributed by atoms with van der Waals surface area (Å²) in [5.41, 5.74) is 2.14. The predicted molar refractivity (Wildman–Crippen MR) is 196 cm³/mol. The highest BCUT2D eigenvalue weighted by atomic mass is 35.5. The fourth-order valence-electron chi connectivity index (χ4n) is 4.95. The normalized spacial score (nSPS) is 11.6. The van der Waals surface area contributed by atoms with E-state index in [1.54, 1.807) is 49.4 Å². The van der Waals surface area contributed by atoms with Crippen LogP contribution in [-0.4, -0.2) is 60.2 Å². The smallest absolute Gasteiger partial charge is 0.326 e. The van der Waals surface area contributed by atoms with Crippen molar-refractivity contribution < 1.29 is 42.9 Å². The molecule has 0 saturated carbocycles. The molecule has 268 valence electrons. The third-order valence-corrected chi connectivity index (χ3v) is 10.6. The van der Waals surface area contributed by atoms with Crippen molar-refractivity contribution in [3.63, 3.8) is 0 Å². The average molecular weight is 754 g/mol. The highest BCUT2D eigenvalue weighted by Gasteiger charge is 2.19. The molecule has 0 radical (unpaired) electrons. The number of halogens is 1. The number of carboxylic acid groups (broad SMARTS) is 1. The molecule has 1 atom stereocenters. The largest absolute Gasteiger partial charge is 0.486 e. The summed E-state index contributed by atoms with van der Waals surface area (Å²) in [5, 5.41) is 15.7. The zero-order chi connectivity index (χ0) is 35.7. The first kappa shape index (κ1) is 38.8. The van der Waals surface area contributed by atoms with Gasteiger partial charge in [-0.15, -0.1) is 11.3 Å². The molecule has 1 aromatic heterocycles. The third-order valence-electron chi connectivity index (χ3n) is 7.54. The first-order valence-electron chi connectivity index (χ1n) is 15.7. The average Bonchev–Trinajstić information content (AvgIpc) is 3.52. The van der Waals surface area contributed by atoms with E-state index in [-0.39, 0.29) is 40.6 Å². The molecule has 12 nitrogen and oxygen atoms in total. The Bertz CT molecular complexity index is 2070. The lowest BCUT2D eigenvalue weighted by Gasteiger charge is -2.16. The molecule has 0 aliphatic rings. The maximum atomic E-state index is 13.5. The van der Waals surface area contributed by atoms with E-state index < -0.39 is 40.3 Å².